The number of carbonyl (C=O) groups excluding carboxylic acids is 1. The predicted molar refractivity (Wildman–Crippen MR) is 93.8 cm³/mol. The van der Waals surface area contributed by atoms with Crippen LogP contribution in [0.25, 0.3) is 0 Å². The van der Waals surface area contributed by atoms with Gasteiger partial charge in [0.25, 0.3) is 0 Å². The Kier molecular flexibility index (Phi) is 5.28. The fraction of sp³-hybridized carbons (Fsp3) is 0.444. The Morgan fingerprint density at radius 2 is 2.22 bits per heavy atom. The van der Waals surface area contributed by atoms with Crippen LogP contribution >= 0.6 is 11.3 Å². The molecule has 1 aromatic carbocycles. The molecule has 0 saturated carbocycles. The van der Waals surface area contributed by atoms with Crippen molar-refractivity contribution in [2.45, 2.75) is 26.2 Å². The normalized spacial score (nSPS) is 17.4. The Bertz CT molecular complexity index is 641. The molecule has 2 amide bonds. The van der Waals surface area contributed by atoms with Crippen LogP contribution in [0.2, 0.25) is 0 Å². The molecule has 0 unspecified atom stereocenters. The molecule has 2 heterocycles. The molecular weight excluding hydrogens is 306 g/mol. The second-order valence-corrected chi connectivity index (χ2v) is 7.19. The smallest absolute Gasteiger partial charge is 0.317 e. The summed E-state index contributed by atoms with van der Waals surface area (Å²) in [4.78, 5) is 18.6. The minimum Gasteiger partial charge on any atom is -0.338 e. The topological polar surface area (TPSA) is 45.2 Å². The number of amides is 2. The van der Waals surface area contributed by atoms with Gasteiger partial charge in [0, 0.05) is 31.4 Å². The zero-order chi connectivity index (χ0) is 16.1. The third-order valence-electron chi connectivity index (χ3n) is 4.26. The van der Waals surface area contributed by atoms with E-state index in [9.17, 15) is 4.79 Å². The Hall–Kier alpha value is -1.88. The SMILES string of the molecule is Cc1nc(CCNC(=O)N2CC[C@H](Cc3ccccc3)C2)cs1. The van der Waals surface area contributed by atoms with Gasteiger partial charge < -0.3 is 10.2 Å². The van der Waals surface area contributed by atoms with E-state index in [-0.39, 0.29) is 6.03 Å². The van der Waals surface area contributed by atoms with Crippen molar-refractivity contribution in [3.63, 3.8) is 0 Å². The van der Waals surface area contributed by atoms with Crippen molar-refractivity contribution < 1.29 is 4.79 Å². The number of aryl methyl sites for hydroxylation is 1. The number of nitrogens with zero attached hydrogens (tertiary/aromatic N) is 2. The van der Waals surface area contributed by atoms with E-state index in [1.165, 1.54) is 5.56 Å². The maximum atomic E-state index is 12.2. The number of rotatable bonds is 5. The zero-order valence-corrected chi connectivity index (χ0v) is 14.3. The van der Waals surface area contributed by atoms with Crippen molar-refractivity contribution in [3.8, 4) is 0 Å². The number of nitrogens with one attached hydrogen (secondary N) is 1. The summed E-state index contributed by atoms with van der Waals surface area (Å²) in [6.07, 6.45) is 2.95. The highest BCUT2D eigenvalue weighted by Gasteiger charge is 2.26. The lowest BCUT2D eigenvalue weighted by Gasteiger charge is -2.17. The molecule has 2 aromatic rings. The van der Waals surface area contributed by atoms with Crippen LogP contribution in [0.4, 0.5) is 4.79 Å². The van der Waals surface area contributed by atoms with E-state index < -0.39 is 0 Å². The molecule has 1 saturated heterocycles. The second-order valence-electron chi connectivity index (χ2n) is 6.13. The van der Waals surface area contributed by atoms with Gasteiger partial charge in [-0.25, -0.2) is 9.78 Å². The number of thiazole rings is 1. The third kappa shape index (κ3) is 4.55. The maximum Gasteiger partial charge on any atom is 0.317 e. The average Bonchev–Trinajstić information content (AvgIpc) is 3.18. The lowest BCUT2D eigenvalue weighted by molar-refractivity contribution is 0.207. The van der Waals surface area contributed by atoms with Gasteiger partial charge in [0.15, 0.2) is 0 Å². The molecule has 1 N–H and O–H groups in total. The molecule has 1 aliphatic rings. The van der Waals surface area contributed by atoms with Crippen LogP contribution in [0.15, 0.2) is 35.7 Å². The molecule has 1 atom stereocenters. The van der Waals surface area contributed by atoms with Crippen molar-refractivity contribution in [1.82, 2.24) is 15.2 Å². The molecule has 1 fully saturated rings. The van der Waals surface area contributed by atoms with E-state index in [1.807, 2.05) is 17.9 Å². The molecule has 122 valence electrons. The lowest BCUT2D eigenvalue weighted by atomic mass is 9.99. The molecule has 0 radical (unpaired) electrons. The summed E-state index contributed by atoms with van der Waals surface area (Å²) in [7, 11) is 0. The summed E-state index contributed by atoms with van der Waals surface area (Å²) >= 11 is 1.66. The van der Waals surface area contributed by atoms with Gasteiger partial charge in [-0.2, -0.15) is 0 Å². The minimum absolute atomic E-state index is 0.0625. The van der Waals surface area contributed by atoms with E-state index in [4.69, 9.17) is 0 Å². The van der Waals surface area contributed by atoms with Crippen LogP contribution in [-0.2, 0) is 12.8 Å². The number of aromatic nitrogens is 1. The van der Waals surface area contributed by atoms with Gasteiger partial charge >= 0.3 is 6.03 Å². The van der Waals surface area contributed by atoms with Gasteiger partial charge in [-0.1, -0.05) is 30.3 Å². The van der Waals surface area contributed by atoms with Crippen molar-refractivity contribution in [2.75, 3.05) is 19.6 Å². The number of likely N-dealkylation sites (tertiary alicyclic amines) is 1. The van der Waals surface area contributed by atoms with Crippen LogP contribution in [0.1, 0.15) is 22.7 Å². The van der Waals surface area contributed by atoms with Gasteiger partial charge in [0.2, 0.25) is 0 Å². The van der Waals surface area contributed by atoms with Gasteiger partial charge in [-0.05, 0) is 31.2 Å². The van der Waals surface area contributed by atoms with E-state index >= 15 is 0 Å². The highest BCUT2D eigenvalue weighted by atomic mass is 32.1. The van der Waals surface area contributed by atoms with Crippen molar-refractivity contribution >= 4 is 17.4 Å². The molecule has 0 bridgehead atoms. The summed E-state index contributed by atoms with van der Waals surface area (Å²) in [5, 5.41) is 6.16. The predicted octanol–water partition coefficient (Wildman–Crippen LogP) is 3.27. The molecular formula is C18H23N3OS. The maximum absolute atomic E-state index is 12.2. The molecule has 1 aliphatic heterocycles. The monoisotopic (exact) mass is 329 g/mol. The number of benzene rings is 1. The molecule has 4 nitrogen and oxygen atoms in total. The Morgan fingerprint density at radius 1 is 1.39 bits per heavy atom. The molecule has 0 aliphatic carbocycles. The summed E-state index contributed by atoms with van der Waals surface area (Å²) in [5.74, 6) is 0.573. The Morgan fingerprint density at radius 3 is 2.96 bits per heavy atom. The van der Waals surface area contributed by atoms with Crippen LogP contribution in [-0.4, -0.2) is 35.5 Å². The highest BCUT2D eigenvalue weighted by Crippen LogP contribution is 2.20. The summed E-state index contributed by atoms with van der Waals surface area (Å²) < 4.78 is 0. The molecule has 3 rings (SSSR count). The van der Waals surface area contributed by atoms with Crippen molar-refractivity contribution in [2.24, 2.45) is 5.92 Å². The first-order valence-electron chi connectivity index (χ1n) is 8.18. The second kappa shape index (κ2) is 7.59. The van der Waals surface area contributed by atoms with E-state index in [0.29, 0.717) is 12.5 Å². The van der Waals surface area contributed by atoms with Crippen molar-refractivity contribution in [3.05, 3.63) is 52.0 Å². The number of hydrogen-bond acceptors (Lipinski definition) is 3. The number of carbonyl (C=O) groups is 1. The highest BCUT2D eigenvalue weighted by molar-refractivity contribution is 7.09. The van der Waals surface area contributed by atoms with E-state index in [2.05, 4.69) is 39.9 Å². The van der Waals surface area contributed by atoms with E-state index in [1.54, 1.807) is 11.3 Å². The van der Waals surface area contributed by atoms with E-state index in [0.717, 1.165) is 43.1 Å². The minimum atomic E-state index is 0.0625. The number of urea groups is 1. The largest absolute Gasteiger partial charge is 0.338 e. The van der Waals surface area contributed by atoms with Gasteiger partial charge in [-0.3, -0.25) is 0 Å². The Labute approximate surface area is 141 Å². The first kappa shape index (κ1) is 16.0. The van der Waals surface area contributed by atoms with Crippen molar-refractivity contribution in [1.29, 1.82) is 0 Å². The first-order valence-corrected chi connectivity index (χ1v) is 9.06. The zero-order valence-electron chi connectivity index (χ0n) is 13.5. The van der Waals surface area contributed by atoms with Gasteiger partial charge in [-0.15, -0.1) is 11.3 Å². The van der Waals surface area contributed by atoms with Crippen LogP contribution in [0, 0.1) is 12.8 Å². The lowest BCUT2D eigenvalue weighted by Crippen LogP contribution is -2.39. The molecule has 23 heavy (non-hydrogen) atoms. The van der Waals surface area contributed by atoms with Gasteiger partial charge in [0.1, 0.15) is 0 Å². The molecule has 5 heteroatoms. The third-order valence-corrected chi connectivity index (χ3v) is 5.09. The van der Waals surface area contributed by atoms with Crippen LogP contribution in [0.5, 0.6) is 0 Å². The standard InChI is InChI=1S/C18H23N3OS/c1-14-20-17(13-23-14)7-9-19-18(22)21-10-8-16(12-21)11-15-5-3-2-4-6-15/h2-6,13,16H,7-12H2,1H3,(H,19,22)/t16-/m1/s1. The number of hydrogen-bond donors (Lipinski definition) is 1. The average molecular weight is 329 g/mol. The fourth-order valence-corrected chi connectivity index (χ4v) is 3.71. The van der Waals surface area contributed by atoms with Crippen LogP contribution in [0.3, 0.4) is 0 Å². The molecule has 0 spiro atoms. The van der Waals surface area contributed by atoms with Crippen LogP contribution < -0.4 is 5.32 Å². The Balaban J connectivity index is 1.40. The fourth-order valence-electron chi connectivity index (χ4n) is 3.06. The summed E-state index contributed by atoms with van der Waals surface area (Å²) in [6.45, 7) is 4.38. The first-order chi connectivity index (χ1) is 11.2. The quantitative estimate of drug-likeness (QED) is 0.915. The summed E-state index contributed by atoms with van der Waals surface area (Å²) in [5.41, 5.74) is 2.43. The van der Waals surface area contributed by atoms with Gasteiger partial charge in [0.05, 0.1) is 10.7 Å². The summed E-state index contributed by atoms with van der Waals surface area (Å²) in [6, 6.07) is 10.6. The molecule has 1 aromatic heterocycles.